The van der Waals surface area contributed by atoms with Crippen LogP contribution in [0.15, 0.2) is 58.3 Å². The minimum atomic E-state index is -0.345. The molecule has 6 nitrogen and oxygen atoms in total. The largest absolute Gasteiger partial charge is 0.494 e. The van der Waals surface area contributed by atoms with E-state index in [0.717, 1.165) is 32.1 Å². The van der Waals surface area contributed by atoms with Crippen molar-refractivity contribution in [2.24, 2.45) is 0 Å². The van der Waals surface area contributed by atoms with Crippen molar-refractivity contribution in [3.63, 3.8) is 0 Å². The van der Waals surface area contributed by atoms with Crippen LogP contribution in [0.3, 0.4) is 0 Å². The smallest absolute Gasteiger partial charge is 0.336 e. The average Bonchev–Trinajstić information content (AvgIpc) is 2.79. The second-order valence-electron chi connectivity index (χ2n) is 7.94. The molecule has 2 heterocycles. The lowest BCUT2D eigenvalue weighted by Crippen LogP contribution is -2.42. The maximum atomic E-state index is 13.8. The lowest BCUT2D eigenvalue weighted by atomic mass is 9.95. The summed E-state index contributed by atoms with van der Waals surface area (Å²) < 4.78 is 8.49. The van der Waals surface area contributed by atoms with Gasteiger partial charge in [-0.05, 0) is 37.1 Å². The Morgan fingerprint density at radius 1 is 1.03 bits per heavy atom. The van der Waals surface area contributed by atoms with E-state index < -0.39 is 0 Å². The second kappa shape index (κ2) is 7.85. The lowest BCUT2D eigenvalue weighted by Gasteiger charge is -2.25. The summed E-state index contributed by atoms with van der Waals surface area (Å²) >= 11 is 6.27. The molecule has 0 amide bonds. The molecule has 0 unspecified atom stereocenters. The molecular formula is C24H22ClN3O3. The number of aromatic nitrogens is 3. The number of pyridine rings is 1. The highest BCUT2D eigenvalue weighted by molar-refractivity contribution is 6.30. The standard InChI is InChI=1S/C24H22ClN3O3/c1-31-20-12-6-11-18-21(20)26-14-19-22(18)27(17-10-5-7-15(25)13-17)24(30)28(23(19)29)16-8-3-2-4-9-16/h5-7,10-14,16H,2-4,8-9H2,1H3. The van der Waals surface area contributed by atoms with E-state index in [2.05, 4.69) is 4.98 Å². The number of halogens is 1. The molecule has 4 aromatic rings. The predicted octanol–water partition coefficient (Wildman–Crippen LogP) is 4.87. The van der Waals surface area contributed by atoms with Gasteiger partial charge in [0.25, 0.3) is 5.56 Å². The van der Waals surface area contributed by atoms with Crippen molar-refractivity contribution in [2.75, 3.05) is 7.11 Å². The fraction of sp³-hybridized carbons (Fsp3) is 0.292. The fourth-order valence-electron chi connectivity index (χ4n) is 4.68. The molecule has 0 radical (unpaired) electrons. The molecule has 2 aromatic carbocycles. The zero-order valence-electron chi connectivity index (χ0n) is 17.2. The highest BCUT2D eigenvalue weighted by Crippen LogP contribution is 2.31. The van der Waals surface area contributed by atoms with Gasteiger partial charge in [-0.2, -0.15) is 0 Å². The van der Waals surface area contributed by atoms with Gasteiger partial charge >= 0.3 is 5.69 Å². The molecule has 0 spiro atoms. The van der Waals surface area contributed by atoms with Crippen molar-refractivity contribution in [2.45, 2.75) is 38.1 Å². The Morgan fingerprint density at radius 2 is 1.81 bits per heavy atom. The van der Waals surface area contributed by atoms with E-state index in [9.17, 15) is 9.59 Å². The number of hydrogen-bond acceptors (Lipinski definition) is 4. The molecule has 0 atom stereocenters. The minimum absolute atomic E-state index is 0.107. The molecule has 158 valence electrons. The van der Waals surface area contributed by atoms with E-state index in [-0.39, 0.29) is 17.3 Å². The summed E-state index contributed by atoms with van der Waals surface area (Å²) in [6.07, 6.45) is 6.36. The Labute approximate surface area is 183 Å². The first-order valence-electron chi connectivity index (χ1n) is 10.5. The zero-order chi connectivity index (χ0) is 21.5. The van der Waals surface area contributed by atoms with Crippen LogP contribution in [0.4, 0.5) is 0 Å². The summed E-state index contributed by atoms with van der Waals surface area (Å²) in [5, 5.41) is 1.61. The topological polar surface area (TPSA) is 66.1 Å². The maximum absolute atomic E-state index is 13.8. The third-order valence-electron chi connectivity index (χ3n) is 6.13. The van der Waals surface area contributed by atoms with Gasteiger partial charge < -0.3 is 4.74 Å². The number of rotatable bonds is 3. The van der Waals surface area contributed by atoms with Gasteiger partial charge in [0, 0.05) is 22.6 Å². The summed E-state index contributed by atoms with van der Waals surface area (Å²) in [6.45, 7) is 0. The quantitative estimate of drug-likeness (QED) is 0.431. The van der Waals surface area contributed by atoms with Crippen molar-refractivity contribution in [3.8, 4) is 11.4 Å². The molecule has 1 aliphatic rings. The molecule has 0 bridgehead atoms. The number of benzene rings is 2. The summed E-state index contributed by atoms with van der Waals surface area (Å²) in [7, 11) is 1.58. The van der Waals surface area contributed by atoms with E-state index in [1.54, 1.807) is 36.1 Å². The Kier molecular flexibility index (Phi) is 5.02. The first-order chi connectivity index (χ1) is 15.1. The van der Waals surface area contributed by atoms with Crippen LogP contribution in [0, 0.1) is 0 Å². The van der Waals surface area contributed by atoms with E-state index in [1.165, 1.54) is 4.57 Å². The molecule has 0 saturated heterocycles. The monoisotopic (exact) mass is 435 g/mol. The highest BCUT2D eigenvalue weighted by Gasteiger charge is 2.24. The van der Waals surface area contributed by atoms with Crippen LogP contribution in [0.5, 0.6) is 5.75 Å². The molecule has 1 saturated carbocycles. The van der Waals surface area contributed by atoms with E-state index in [1.807, 2.05) is 24.3 Å². The number of para-hydroxylation sites is 1. The van der Waals surface area contributed by atoms with Crippen molar-refractivity contribution in [1.29, 1.82) is 0 Å². The predicted molar refractivity (Wildman–Crippen MR) is 123 cm³/mol. The molecule has 2 aromatic heterocycles. The molecule has 0 aliphatic heterocycles. The minimum Gasteiger partial charge on any atom is -0.494 e. The normalized spacial score (nSPS) is 14.9. The van der Waals surface area contributed by atoms with Gasteiger partial charge in [0.05, 0.1) is 23.7 Å². The van der Waals surface area contributed by atoms with Gasteiger partial charge in [0.1, 0.15) is 11.3 Å². The third kappa shape index (κ3) is 3.22. The summed E-state index contributed by atoms with van der Waals surface area (Å²) in [6, 6.07) is 12.5. The number of nitrogens with zero attached hydrogens (tertiary/aromatic N) is 3. The molecule has 0 N–H and O–H groups in total. The highest BCUT2D eigenvalue weighted by atomic mass is 35.5. The fourth-order valence-corrected chi connectivity index (χ4v) is 4.86. The number of fused-ring (bicyclic) bond motifs is 3. The Morgan fingerprint density at radius 3 is 2.55 bits per heavy atom. The average molecular weight is 436 g/mol. The van der Waals surface area contributed by atoms with Crippen LogP contribution in [-0.2, 0) is 0 Å². The zero-order valence-corrected chi connectivity index (χ0v) is 17.9. The first kappa shape index (κ1) is 19.8. The van der Waals surface area contributed by atoms with Crippen LogP contribution in [0.25, 0.3) is 27.5 Å². The Hall–Kier alpha value is -3.12. The van der Waals surface area contributed by atoms with Gasteiger partial charge in [-0.25, -0.2) is 4.79 Å². The molecule has 7 heteroatoms. The number of hydrogen-bond donors (Lipinski definition) is 0. The SMILES string of the molecule is COc1cccc2c1ncc1c(=O)n(C3CCCCC3)c(=O)n(-c3cccc(Cl)c3)c12. The number of methoxy groups -OCH3 is 1. The first-order valence-corrected chi connectivity index (χ1v) is 10.9. The molecular weight excluding hydrogens is 414 g/mol. The lowest BCUT2D eigenvalue weighted by molar-refractivity contribution is 0.335. The summed E-state index contributed by atoms with van der Waals surface area (Å²) in [4.78, 5) is 31.9. The van der Waals surface area contributed by atoms with E-state index in [0.29, 0.717) is 38.3 Å². The van der Waals surface area contributed by atoms with Gasteiger partial charge in [-0.15, -0.1) is 0 Å². The summed E-state index contributed by atoms with van der Waals surface area (Å²) in [5.74, 6) is 0.584. The van der Waals surface area contributed by atoms with Crippen LogP contribution in [0.2, 0.25) is 5.02 Å². The molecule has 5 rings (SSSR count). The van der Waals surface area contributed by atoms with Crippen LogP contribution in [0.1, 0.15) is 38.1 Å². The number of ether oxygens (including phenoxy) is 1. The van der Waals surface area contributed by atoms with E-state index in [4.69, 9.17) is 16.3 Å². The van der Waals surface area contributed by atoms with Crippen molar-refractivity contribution < 1.29 is 4.74 Å². The van der Waals surface area contributed by atoms with E-state index >= 15 is 0 Å². The van der Waals surface area contributed by atoms with Gasteiger partial charge in [0.2, 0.25) is 0 Å². The van der Waals surface area contributed by atoms with Gasteiger partial charge in [-0.1, -0.05) is 49.1 Å². The summed E-state index contributed by atoms with van der Waals surface area (Å²) in [5.41, 5.74) is 1.10. The van der Waals surface area contributed by atoms with Crippen molar-refractivity contribution in [3.05, 3.63) is 74.5 Å². The van der Waals surface area contributed by atoms with Gasteiger partial charge in [0.15, 0.2) is 0 Å². The molecule has 31 heavy (non-hydrogen) atoms. The maximum Gasteiger partial charge on any atom is 0.336 e. The van der Waals surface area contributed by atoms with Crippen LogP contribution >= 0.6 is 11.6 Å². The Balaban J connectivity index is 1.97. The Bertz CT molecular complexity index is 1420. The van der Waals surface area contributed by atoms with Gasteiger partial charge in [-0.3, -0.25) is 18.9 Å². The third-order valence-corrected chi connectivity index (χ3v) is 6.36. The van der Waals surface area contributed by atoms with Crippen molar-refractivity contribution in [1.82, 2.24) is 14.1 Å². The molecule has 1 aliphatic carbocycles. The van der Waals surface area contributed by atoms with Crippen LogP contribution < -0.4 is 16.0 Å². The molecule has 1 fully saturated rings. The second-order valence-corrected chi connectivity index (χ2v) is 8.38. The van der Waals surface area contributed by atoms with Crippen molar-refractivity contribution >= 4 is 33.4 Å². The van der Waals surface area contributed by atoms with Crippen LogP contribution in [-0.4, -0.2) is 21.2 Å².